The fraction of sp³-hybridized carbons (Fsp3) is 0.182. The van der Waals surface area contributed by atoms with Crippen LogP contribution in [-0.4, -0.2) is 42.1 Å². The van der Waals surface area contributed by atoms with Gasteiger partial charge < -0.3 is 14.6 Å². The highest BCUT2D eigenvalue weighted by Gasteiger charge is 2.37. The Kier molecular flexibility index (Phi) is 6.05. The number of hydrogen-bond acceptors (Lipinski definition) is 6. The molecule has 0 radical (unpaired) electrons. The molecule has 0 aliphatic carbocycles. The molecule has 4 amide bonds. The first kappa shape index (κ1) is 21.6. The average Bonchev–Trinajstić information content (AvgIpc) is 2.73. The lowest BCUT2D eigenvalue weighted by Gasteiger charge is -2.27. The van der Waals surface area contributed by atoms with Crippen LogP contribution in [0.4, 0.5) is 10.5 Å². The van der Waals surface area contributed by atoms with Crippen molar-refractivity contribution in [2.75, 3.05) is 12.0 Å². The number of ether oxygens (including phenoxy) is 2. The molecule has 3 rings (SSSR count). The average molecular weight is 424 g/mol. The summed E-state index contributed by atoms with van der Waals surface area (Å²) in [6.45, 7) is 3.07. The highest BCUT2D eigenvalue weighted by molar-refractivity contribution is 6.39. The molecule has 0 bridgehead atoms. The Morgan fingerprint density at radius 2 is 1.84 bits per heavy atom. The molecule has 2 aromatic rings. The van der Waals surface area contributed by atoms with Crippen molar-refractivity contribution in [1.29, 1.82) is 0 Å². The van der Waals surface area contributed by atoms with E-state index in [1.807, 2.05) is 0 Å². The zero-order chi connectivity index (χ0) is 22.7. The Morgan fingerprint density at radius 3 is 2.48 bits per heavy atom. The van der Waals surface area contributed by atoms with Gasteiger partial charge in [-0.2, -0.15) is 0 Å². The Balaban J connectivity index is 2.09. The number of methoxy groups -OCH3 is 1. The maximum Gasteiger partial charge on any atom is 0.344 e. The van der Waals surface area contributed by atoms with E-state index in [1.165, 1.54) is 26.2 Å². The topological polar surface area (TPSA) is 122 Å². The number of aliphatic carboxylic acids is 1. The zero-order valence-corrected chi connectivity index (χ0v) is 17.0. The van der Waals surface area contributed by atoms with Gasteiger partial charge in [-0.05, 0) is 37.6 Å². The number of barbiturate groups is 1. The monoisotopic (exact) mass is 424 g/mol. The van der Waals surface area contributed by atoms with Crippen LogP contribution in [-0.2, 0) is 14.4 Å². The van der Waals surface area contributed by atoms with Gasteiger partial charge in [-0.15, -0.1) is 0 Å². The standard InChI is InChI=1S/C22H20N2O7/c1-12-7-4-5-9-16(12)24-20(26)15(19(25)23-22(24)29)11-14-8-6-10-17(30-3)18(14)31-13(2)21(27)28/h4-11,13H,1-3H3,(H,27,28)(H,23,25,29)/b15-11+/t13-/m1/s1. The van der Waals surface area contributed by atoms with Crippen molar-refractivity contribution < 1.29 is 33.8 Å². The van der Waals surface area contributed by atoms with Gasteiger partial charge in [0, 0.05) is 5.56 Å². The molecule has 1 fully saturated rings. The van der Waals surface area contributed by atoms with Gasteiger partial charge in [0.2, 0.25) is 0 Å². The summed E-state index contributed by atoms with van der Waals surface area (Å²) in [5, 5.41) is 11.3. The van der Waals surface area contributed by atoms with E-state index in [4.69, 9.17) is 9.47 Å². The van der Waals surface area contributed by atoms with Gasteiger partial charge in [0.25, 0.3) is 11.8 Å². The lowest BCUT2D eigenvalue weighted by Crippen LogP contribution is -2.54. The van der Waals surface area contributed by atoms with Gasteiger partial charge in [0.05, 0.1) is 12.8 Å². The molecule has 1 aliphatic heterocycles. The number of benzene rings is 2. The number of urea groups is 1. The molecule has 0 saturated carbocycles. The number of carboxylic acids is 1. The SMILES string of the molecule is COc1cccc(/C=C2\C(=O)NC(=O)N(c3ccccc3C)C2=O)c1O[C@H](C)C(=O)O. The van der Waals surface area contributed by atoms with Crippen molar-refractivity contribution in [3.63, 3.8) is 0 Å². The van der Waals surface area contributed by atoms with E-state index in [2.05, 4.69) is 5.32 Å². The second-order valence-electron chi connectivity index (χ2n) is 6.72. The van der Waals surface area contributed by atoms with E-state index in [-0.39, 0.29) is 22.6 Å². The highest BCUT2D eigenvalue weighted by Crippen LogP contribution is 2.34. The van der Waals surface area contributed by atoms with E-state index < -0.39 is 29.9 Å². The minimum absolute atomic E-state index is 0.0485. The summed E-state index contributed by atoms with van der Waals surface area (Å²) in [5.74, 6) is -2.62. The first-order chi connectivity index (χ1) is 14.7. The van der Waals surface area contributed by atoms with Gasteiger partial charge >= 0.3 is 12.0 Å². The quantitative estimate of drug-likeness (QED) is 0.540. The smallest absolute Gasteiger partial charge is 0.344 e. The number of nitrogens with zero attached hydrogens (tertiary/aromatic N) is 1. The van der Waals surface area contributed by atoms with E-state index in [1.54, 1.807) is 43.3 Å². The largest absolute Gasteiger partial charge is 0.493 e. The summed E-state index contributed by atoms with van der Waals surface area (Å²) in [6.07, 6.45) is 0.0244. The van der Waals surface area contributed by atoms with Crippen molar-refractivity contribution in [3.8, 4) is 11.5 Å². The molecular formula is C22H20N2O7. The van der Waals surface area contributed by atoms with Gasteiger partial charge in [-0.25, -0.2) is 14.5 Å². The molecule has 0 spiro atoms. The summed E-state index contributed by atoms with van der Waals surface area (Å²) in [5.41, 5.74) is 0.930. The zero-order valence-electron chi connectivity index (χ0n) is 17.0. The third kappa shape index (κ3) is 4.25. The predicted molar refractivity (Wildman–Crippen MR) is 111 cm³/mol. The number of carbonyl (C=O) groups is 4. The van der Waals surface area contributed by atoms with Crippen LogP contribution >= 0.6 is 0 Å². The Labute approximate surface area is 177 Å². The van der Waals surface area contributed by atoms with Crippen molar-refractivity contribution in [3.05, 3.63) is 59.2 Å². The second kappa shape index (κ2) is 8.70. The van der Waals surface area contributed by atoms with Crippen LogP contribution in [0.15, 0.2) is 48.0 Å². The third-order valence-electron chi connectivity index (χ3n) is 4.63. The highest BCUT2D eigenvalue weighted by atomic mass is 16.5. The molecular weight excluding hydrogens is 404 g/mol. The minimum atomic E-state index is -1.21. The third-order valence-corrected chi connectivity index (χ3v) is 4.63. The molecule has 1 heterocycles. The molecule has 0 unspecified atom stereocenters. The summed E-state index contributed by atoms with van der Waals surface area (Å²) >= 11 is 0. The van der Waals surface area contributed by atoms with E-state index in [0.29, 0.717) is 11.3 Å². The van der Waals surface area contributed by atoms with Crippen LogP contribution in [0.2, 0.25) is 0 Å². The van der Waals surface area contributed by atoms with Crippen molar-refractivity contribution in [2.24, 2.45) is 0 Å². The molecule has 1 atom stereocenters. The lowest BCUT2D eigenvalue weighted by atomic mass is 10.0. The number of para-hydroxylation sites is 2. The molecule has 9 nitrogen and oxygen atoms in total. The van der Waals surface area contributed by atoms with Crippen molar-refractivity contribution >= 4 is 35.6 Å². The van der Waals surface area contributed by atoms with Crippen LogP contribution in [0, 0.1) is 6.92 Å². The number of rotatable bonds is 6. The van der Waals surface area contributed by atoms with Gasteiger partial charge in [-0.3, -0.25) is 14.9 Å². The van der Waals surface area contributed by atoms with Crippen molar-refractivity contribution in [1.82, 2.24) is 5.32 Å². The van der Waals surface area contributed by atoms with E-state index in [9.17, 15) is 24.3 Å². The maximum absolute atomic E-state index is 13.1. The number of carbonyl (C=O) groups excluding carboxylic acids is 3. The molecule has 2 N–H and O–H groups in total. The molecule has 0 aromatic heterocycles. The second-order valence-corrected chi connectivity index (χ2v) is 6.72. The summed E-state index contributed by atoms with van der Waals surface area (Å²) in [4.78, 5) is 50.1. The normalized spacial score (nSPS) is 16.2. The molecule has 160 valence electrons. The van der Waals surface area contributed by atoms with Gasteiger partial charge in [0.1, 0.15) is 5.57 Å². The number of amides is 4. The Bertz CT molecular complexity index is 1110. The minimum Gasteiger partial charge on any atom is -0.493 e. The van der Waals surface area contributed by atoms with Crippen molar-refractivity contribution in [2.45, 2.75) is 20.0 Å². The predicted octanol–water partition coefficient (Wildman–Crippen LogP) is 2.52. The number of carboxylic acid groups (broad SMARTS) is 1. The summed E-state index contributed by atoms with van der Waals surface area (Å²) in [7, 11) is 1.38. The maximum atomic E-state index is 13.1. The van der Waals surface area contributed by atoms with E-state index >= 15 is 0 Å². The number of anilines is 1. The fourth-order valence-electron chi connectivity index (χ4n) is 3.01. The Hall–Kier alpha value is -4.14. The van der Waals surface area contributed by atoms with E-state index in [0.717, 1.165) is 4.90 Å². The van der Waals surface area contributed by atoms with Gasteiger partial charge in [0.15, 0.2) is 17.6 Å². The number of nitrogens with one attached hydrogen (secondary N) is 1. The van der Waals surface area contributed by atoms with Crippen LogP contribution in [0.3, 0.4) is 0 Å². The molecule has 9 heteroatoms. The van der Waals surface area contributed by atoms with Crippen LogP contribution in [0.25, 0.3) is 6.08 Å². The fourth-order valence-corrected chi connectivity index (χ4v) is 3.01. The summed E-state index contributed by atoms with van der Waals surface area (Å²) < 4.78 is 10.7. The number of hydrogen-bond donors (Lipinski definition) is 2. The van der Waals surface area contributed by atoms with Crippen LogP contribution in [0.5, 0.6) is 11.5 Å². The molecule has 31 heavy (non-hydrogen) atoms. The lowest BCUT2D eigenvalue weighted by molar-refractivity contribution is -0.144. The number of imide groups is 2. The van der Waals surface area contributed by atoms with Gasteiger partial charge in [-0.1, -0.05) is 30.3 Å². The Morgan fingerprint density at radius 1 is 1.13 bits per heavy atom. The summed E-state index contributed by atoms with van der Waals surface area (Å²) in [6, 6.07) is 10.6. The molecule has 1 saturated heterocycles. The first-order valence-electron chi connectivity index (χ1n) is 9.28. The molecule has 1 aliphatic rings. The number of aryl methyl sites for hydroxylation is 1. The molecule has 2 aromatic carbocycles. The van der Waals surface area contributed by atoms with Crippen LogP contribution < -0.4 is 19.7 Å². The first-order valence-corrected chi connectivity index (χ1v) is 9.28. The van der Waals surface area contributed by atoms with Crippen LogP contribution in [0.1, 0.15) is 18.1 Å².